The third-order valence-electron chi connectivity index (χ3n) is 5.70. The molecule has 2 heterocycles. The molecule has 3 aromatic rings. The molecule has 1 aliphatic rings. The quantitative estimate of drug-likeness (QED) is 0.348. The molecule has 2 aromatic carbocycles. The molecule has 2 atom stereocenters. The first-order valence-electron chi connectivity index (χ1n) is 10.8. The highest BCUT2D eigenvalue weighted by Gasteiger charge is 2.40. The van der Waals surface area contributed by atoms with Crippen molar-refractivity contribution >= 4 is 41.1 Å². The molecule has 1 aromatic heterocycles. The number of H-pyrrole nitrogens is 1. The number of anilines is 2. The van der Waals surface area contributed by atoms with Gasteiger partial charge in [0.25, 0.3) is 0 Å². The number of hydrogen-bond donors (Lipinski definition) is 4. The molecule has 12 heteroatoms. The van der Waals surface area contributed by atoms with E-state index in [1.807, 2.05) is 0 Å². The van der Waals surface area contributed by atoms with Crippen LogP contribution in [0.15, 0.2) is 54.9 Å². The van der Waals surface area contributed by atoms with Crippen LogP contribution in [0.4, 0.5) is 25.4 Å². The molecule has 0 saturated carbocycles. The first-order valence-corrected chi connectivity index (χ1v) is 11.2. The van der Waals surface area contributed by atoms with Crippen molar-refractivity contribution in [3.63, 3.8) is 0 Å². The lowest BCUT2D eigenvalue weighted by Gasteiger charge is -2.24. The maximum absolute atomic E-state index is 14.9. The van der Waals surface area contributed by atoms with Crippen LogP contribution < -0.4 is 15.4 Å². The number of hydrogen-bond acceptors (Lipinski definition) is 5. The summed E-state index contributed by atoms with van der Waals surface area (Å²) in [6, 6.07) is 9.11. The molecule has 0 bridgehead atoms. The van der Waals surface area contributed by atoms with Gasteiger partial charge in [-0.1, -0.05) is 17.7 Å². The van der Waals surface area contributed by atoms with Gasteiger partial charge in [0.05, 0.1) is 11.8 Å². The van der Waals surface area contributed by atoms with Crippen LogP contribution in [0.3, 0.4) is 0 Å². The Labute approximate surface area is 210 Å². The van der Waals surface area contributed by atoms with E-state index in [1.54, 1.807) is 24.3 Å². The number of aromatic nitrogens is 1. The zero-order valence-corrected chi connectivity index (χ0v) is 19.7. The Bertz CT molecular complexity index is 1280. The van der Waals surface area contributed by atoms with Crippen LogP contribution in [0.25, 0.3) is 11.1 Å². The zero-order valence-electron chi connectivity index (χ0n) is 19.0. The number of carbonyl (C=O) groups is 3. The lowest BCUT2D eigenvalue weighted by molar-refractivity contribution is -0.119. The monoisotopic (exact) mass is 516 g/mol. The Morgan fingerprint density at radius 2 is 1.89 bits per heavy atom. The predicted molar refractivity (Wildman–Crippen MR) is 130 cm³/mol. The molecule has 3 amide bonds. The Kier molecular flexibility index (Phi) is 7.41. The largest absolute Gasteiger partial charge is 0.511 e. The van der Waals surface area contributed by atoms with Gasteiger partial charge in [0, 0.05) is 48.7 Å². The fourth-order valence-electron chi connectivity index (χ4n) is 3.92. The third-order valence-corrected chi connectivity index (χ3v) is 5.95. The maximum atomic E-state index is 14.9. The fraction of sp³-hybridized carbons (Fsp3) is 0.208. The van der Waals surface area contributed by atoms with Crippen molar-refractivity contribution in [2.24, 2.45) is 0 Å². The Morgan fingerprint density at radius 3 is 2.56 bits per heavy atom. The SMILES string of the molecule is COC1CC(C(=O)Nc2ccc(-c3c[nH]cc3OC(=O)O)cc2F)N(C(=O)Nc2ccc(Cl)cc2)C1. The second-order valence-electron chi connectivity index (χ2n) is 7.98. The van der Waals surface area contributed by atoms with Crippen molar-refractivity contribution in [3.05, 3.63) is 65.7 Å². The van der Waals surface area contributed by atoms with Gasteiger partial charge in [-0.05, 0) is 42.0 Å². The van der Waals surface area contributed by atoms with Crippen LogP contribution in [0.5, 0.6) is 5.75 Å². The lowest BCUT2D eigenvalue weighted by atomic mass is 10.1. The summed E-state index contributed by atoms with van der Waals surface area (Å²) in [5, 5.41) is 14.6. The molecule has 0 spiro atoms. The van der Waals surface area contributed by atoms with Crippen molar-refractivity contribution in [3.8, 4) is 16.9 Å². The smallest absolute Gasteiger partial charge is 0.449 e. The van der Waals surface area contributed by atoms with Gasteiger partial charge in [-0.15, -0.1) is 0 Å². The summed E-state index contributed by atoms with van der Waals surface area (Å²) < 4.78 is 24.9. The van der Waals surface area contributed by atoms with Crippen LogP contribution in [0.2, 0.25) is 5.02 Å². The number of ether oxygens (including phenoxy) is 2. The van der Waals surface area contributed by atoms with Crippen LogP contribution in [0.1, 0.15) is 6.42 Å². The number of carboxylic acid groups (broad SMARTS) is 1. The van der Waals surface area contributed by atoms with Gasteiger partial charge >= 0.3 is 12.2 Å². The van der Waals surface area contributed by atoms with Crippen LogP contribution >= 0.6 is 11.6 Å². The van der Waals surface area contributed by atoms with Gasteiger partial charge in [0.2, 0.25) is 5.91 Å². The third kappa shape index (κ3) is 5.58. The van der Waals surface area contributed by atoms with E-state index < -0.39 is 30.0 Å². The van der Waals surface area contributed by atoms with Gasteiger partial charge in [-0.25, -0.2) is 14.0 Å². The summed E-state index contributed by atoms with van der Waals surface area (Å²) >= 11 is 5.88. The first-order chi connectivity index (χ1) is 17.2. The number of nitrogens with zero attached hydrogens (tertiary/aromatic N) is 1. The van der Waals surface area contributed by atoms with E-state index >= 15 is 0 Å². The summed E-state index contributed by atoms with van der Waals surface area (Å²) in [5.74, 6) is -1.32. The second kappa shape index (κ2) is 10.7. The number of benzene rings is 2. The maximum Gasteiger partial charge on any atom is 0.511 e. The summed E-state index contributed by atoms with van der Waals surface area (Å²) in [4.78, 5) is 40.9. The number of urea groups is 1. The van der Waals surface area contributed by atoms with Gasteiger partial charge in [0.15, 0.2) is 5.75 Å². The van der Waals surface area contributed by atoms with E-state index in [2.05, 4.69) is 20.4 Å². The van der Waals surface area contributed by atoms with E-state index in [9.17, 15) is 18.8 Å². The summed E-state index contributed by atoms with van der Waals surface area (Å²) in [7, 11) is 1.49. The van der Waals surface area contributed by atoms with Crippen molar-refractivity contribution in [1.82, 2.24) is 9.88 Å². The molecule has 1 fully saturated rings. The van der Waals surface area contributed by atoms with E-state index in [1.165, 1.54) is 36.5 Å². The number of likely N-dealkylation sites (tertiary alicyclic amines) is 1. The average Bonchev–Trinajstić information content (AvgIpc) is 3.48. The van der Waals surface area contributed by atoms with E-state index in [4.69, 9.17) is 21.4 Å². The number of amides is 3. The first kappa shape index (κ1) is 25.0. The van der Waals surface area contributed by atoms with Crippen molar-refractivity contribution < 1.29 is 33.4 Å². The summed E-state index contributed by atoms with van der Waals surface area (Å²) in [5.41, 5.74) is 1.08. The molecule has 0 aliphatic carbocycles. The second-order valence-corrected chi connectivity index (χ2v) is 8.42. The van der Waals surface area contributed by atoms with Crippen molar-refractivity contribution in [2.75, 3.05) is 24.3 Å². The van der Waals surface area contributed by atoms with Gasteiger partial charge < -0.3 is 35.1 Å². The zero-order chi connectivity index (χ0) is 25.8. The van der Waals surface area contributed by atoms with Gasteiger partial charge in [-0.2, -0.15) is 0 Å². The van der Waals surface area contributed by atoms with Gasteiger partial charge in [0.1, 0.15) is 11.9 Å². The standard InChI is InChI=1S/C24H22ClFN4O6/c1-35-16-9-20(30(12-16)23(32)28-15-5-3-14(25)4-6-15)22(31)29-19-7-2-13(8-18(19)26)17-10-27-11-21(17)36-24(33)34/h2-8,10-11,16,20,27H,9,12H2,1H3,(H,28,32)(H,29,31)(H,33,34). The number of rotatable bonds is 6. The van der Waals surface area contributed by atoms with Crippen LogP contribution in [-0.4, -0.2) is 58.9 Å². The van der Waals surface area contributed by atoms with E-state index in [-0.39, 0.29) is 30.5 Å². The van der Waals surface area contributed by atoms with Crippen molar-refractivity contribution in [1.29, 1.82) is 0 Å². The molecule has 2 unspecified atom stereocenters. The van der Waals surface area contributed by atoms with E-state index in [0.29, 0.717) is 21.8 Å². The normalized spacial score (nSPS) is 17.0. The minimum atomic E-state index is -1.50. The van der Waals surface area contributed by atoms with E-state index in [0.717, 1.165) is 6.07 Å². The highest BCUT2D eigenvalue weighted by atomic mass is 35.5. The highest BCUT2D eigenvalue weighted by molar-refractivity contribution is 6.30. The lowest BCUT2D eigenvalue weighted by Crippen LogP contribution is -2.45. The molecule has 36 heavy (non-hydrogen) atoms. The molecule has 1 aliphatic heterocycles. The minimum Gasteiger partial charge on any atom is -0.449 e. The average molecular weight is 517 g/mol. The molecule has 4 rings (SSSR count). The summed E-state index contributed by atoms with van der Waals surface area (Å²) in [6.45, 7) is 0.176. The highest BCUT2D eigenvalue weighted by Crippen LogP contribution is 2.32. The predicted octanol–water partition coefficient (Wildman–Crippen LogP) is 4.79. The molecule has 10 nitrogen and oxygen atoms in total. The Hall–Kier alpha value is -4.09. The number of methoxy groups -OCH3 is 1. The molecular formula is C24H22ClFN4O6. The molecule has 1 saturated heterocycles. The fourth-order valence-corrected chi connectivity index (χ4v) is 4.05. The molecular weight excluding hydrogens is 495 g/mol. The molecule has 0 radical (unpaired) electrons. The molecule has 4 N–H and O–H groups in total. The van der Waals surface area contributed by atoms with Crippen LogP contribution in [0, 0.1) is 5.82 Å². The Morgan fingerprint density at radius 1 is 1.14 bits per heavy atom. The van der Waals surface area contributed by atoms with Gasteiger partial charge in [-0.3, -0.25) is 4.79 Å². The Balaban J connectivity index is 1.48. The number of halogens is 2. The number of aromatic amines is 1. The summed E-state index contributed by atoms with van der Waals surface area (Å²) in [6.07, 6.45) is 1.15. The van der Waals surface area contributed by atoms with Crippen LogP contribution in [-0.2, 0) is 9.53 Å². The van der Waals surface area contributed by atoms with Crippen molar-refractivity contribution in [2.45, 2.75) is 18.6 Å². The molecule has 188 valence electrons. The topological polar surface area (TPSA) is 133 Å². The number of carbonyl (C=O) groups excluding carboxylic acids is 2. The minimum absolute atomic E-state index is 0.0117. The number of nitrogens with one attached hydrogen (secondary N) is 3.